The average Bonchev–Trinajstić information content (AvgIpc) is 3.35. The van der Waals surface area contributed by atoms with E-state index in [1.165, 1.54) is 122 Å². The third-order valence-corrected chi connectivity index (χ3v) is 9.34. The molecule has 0 aromatic heterocycles. The first kappa shape index (κ1) is 38.1. The highest BCUT2D eigenvalue weighted by molar-refractivity contribution is 7.45. The van der Waals surface area contributed by atoms with E-state index in [1.54, 1.807) is 0 Å². The van der Waals surface area contributed by atoms with Gasteiger partial charge >= 0.3 is 0 Å². The van der Waals surface area contributed by atoms with Crippen molar-refractivity contribution < 1.29 is 27.7 Å². The van der Waals surface area contributed by atoms with Gasteiger partial charge in [0, 0.05) is 12.5 Å². The Morgan fingerprint density at radius 3 is 1.55 bits per heavy atom. The molecule has 1 saturated carbocycles. The molecular formula is C33H68NO5P. The number of phosphoric ester groups is 1. The van der Waals surface area contributed by atoms with Crippen molar-refractivity contribution >= 4 is 7.82 Å². The second kappa shape index (κ2) is 24.5. The Kier molecular flexibility index (Phi) is 23.3. The van der Waals surface area contributed by atoms with E-state index in [1.807, 2.05) is 21.1 Å². The molecule has 7 heteroatoms. The van der Waals surface area contributed by atoms with Gasteiger partial charge in [0.25, 0.3) is 7.82 Å². The monoisotopic (exact) mass is 589 g/mol. The predicted molar refractivity (Wildman–Crippen MR) is 168 cm³/mol. The molecular weight excluding hydrogens is 521 g/mol. The number of likely N-dealkylation sites (N-methyl/N-ethyl adjacent to an activating group) is 1. The summed E-state index contributed by atoms with van der Waals surface area (Å²) in [5.74, 6) is 0.148. The fraction of sp³-hybridized carbons (Fsp3) is 1.00. The molecule has 0 aliphatic heterocycles. The molecule has 1 rings (SSSR count). The van der Waals surface area contributed by atoms with Crippen LogP contribution in [0.4, 0.5) is 0 Å². The van der Waals surface area contributed by atoms with E-state index >= 15 is 0 Å². The molecule has 0 N–H and O–H groups in total. The molecule has 6 nitrogen and oxygen atoms in total. The third-order valence-electron chi connectivity index (χ3n) is 8.38. The van der Waals surface area contributed by atoms with Crippen LogP contribution in [0.25, 0.3) is 0 Å². The smallest absolute Gasteiger partial charge is 0.268 e. The van der Waals surface area contributed by atoms with Crippen LogP contribution in [0.5, 0.6) is 0 Å². The van der Waals surface area contributed by atoms with Crippen LogP contribution >= 0.6 is 7.82 Å². The second-order valence-corrected chi connectivity index (χ2v) is 14.8. The molecule has 240 valence electrons. The van der Waals surface area contributed by atoms with Crippen LogP contribution in [0.1, 0.15) is 155 Å². The fourth-order valence-electron chi connectivity index (χ4n) is 5.66. The van der Waals surface area contributed by atoms with Gasteiger partial charge < -0.3 is 23.2 Å². The number of quaternary nitrogens is 1. The molecule has 0 amide bonds. The molecule has 0 aromatic carbocycles. The highest BCUT2D eigenvalue weighted by atomic mass is 31.2. The lowest BCUT2D eigenvalue weighted by Crippen LogP contribution is -2.37. The highest BCUT2D eigenvalue weighted by Crippen LogP contribution is 2.40. The molecule has 0 bridgehead atoms. The minimum atomic E-state index is -4.24. The van der Waals surface area contributed by atoms with Gasteiger partial charge in [0.15, 0.2) is 0 Å². The zero-order valence-corrected chi connectivity index (χ0v) is 28.1. The van der Waals surface area contributed by atoms with Crippen LogP contribution in [0.2, 0.25) is 0 Å². The molecule has 40 heavy (non-hydrogen) atoms. The summed E-state index contributed by atoms with van der Waals surface area (Å²) in [4.78, 5) is 12.1. The van der Waals surface area contributed by atoms with E-state index in [4.69, 9.17) is 13.8 Å². The normalized spacial score (nSPS) is 19.3. The Labute approximate surface area is 249 Å². The van der Waals surface area contributed by atoms with Crippen molar-refractivity contribution in [3.63, 3.8) is 0 Å². The Morgan fingerprint density at radius 2 is 1.10 bits per heavy atom. The average molecular weight is 590 g/mol. The van der Waals surface area contributed by atoms with Gasteiger partial charge in [-0.25, -0.2) is 0 Å². The molecule has 1 aliphatic rings. The van der Waals surface area contributed by atoms with Crippen molar-refractivity contribution in [2.75, 3.05) is 47.5 Å². The maximum Gasteiger partial charge on any atom is 0.268 e. The van der Waals surface area contributed by atoms with Crippen molar-refractivity contribution in [3.05, 3.63) is 0 Å². The molecule has 0 radical (unpaired) electrons. The van der Waals surface area contributed by atoms with Crippen LogP contribution in [0.15, 0.2) is 0 Å². The van der Waals surface area contributed by atoms with Crippen LogP contribution < -0.4 is 4.89 Å². The van der Waals surface area contributed by atoms with Gasteiger partial charge in [-0.3, -0.25) is 4.57 Å². The Hall–Kier alpha value is 0.0300. The molecule has 0 heterocycles. The number of nitrogens with zero attached hydrogens (tertiary/aromatic N) is 1. The van der Waals surface area contributed by atoms with Crippen molar-refractivity contribution in [1.29, 1.82) is 0 Å². The van der Waals surface area contributed by atoms with Gasteiger partial charge in [-0.15, -0.1) is 0 Å². The van der Waals surface area contributed by atoms with E-state index < -0.39 is 7.82 Å². The lowest BCUT2D eigenvalue weighted by atomic mass is 10.0. The lowest BCUT2D eigenvalue weighted by Gasteiger charge is -2.28. The van der Waals surface area contributed by atoms with Gasteiger partial charge in [0.2, 0.25) is 0 Å². The summed E-state index contributed by atoms with van der Waals surface area (Å²) in [7, 11) is 1.76. The topological polar surface area (TPSA) is 67.8 Å². The first-order valence-electron chi connectivity index (χ1n) is 17.3. The molecule has 1 unspecified atom stereocenters. The number of unbranched alkanes of at least 4 members (excludes halogenated alkanes) is 19. The van der Waals surface area contributed by atoms with E-state index in [2.05, 4.69) is 6.92 Å². The van der Waals surface area contributed by atoms with E-state index in [-0.39, 0.29) is 25.2 Å². The largest absolute Gasteiger partial charge is 0.756 e. The van der Waals surface area contributed by atoms with Gasteiger partial charge in [0.05, 0.1) is 33.9 Å². The predicted octanol–water partition coefficient (Wildman–Crippen LogP) is 9.20. The zero-order chi connectivity index (χ0) is 29.4. The SMILES string of the molecule is CCCCCCCCCCCCCCCCCCCCCCO[C@@H]1CCC[C@H]1COP(=O)([O-])OCC[N+](C)(C)C. The van der Waals surface area contributed by atoms with Gasteiger partial charge in [-0.05, 0) is 19.3 Å². The zero-order valence-electron chi connectivity index (χ0n) is 27.2. The maximum absolute atomic E-state index is 12.1. The quantitative estimate of drug-likeness (QED) is 0.0494. The summed E-state index contributed by atoms with van der Waals surface area (Å²) < 4.78 is 29.1. The molecule has 0 spiro atoms. The molecule has 0 aromatic rings. The first-order chi connectivity index (χ1) is 19.2. The Bertz CT molecular complexity index is 612. The maximum atomic E-state index is 12.1. The van der Waals surface area contributed by atoms with Crippen molar-refractivity contribution in [2.24, 2.45) is 5.92 Å². The van der Waals surface area contributed by atoms with Crippen LogP contribution in [0.3, 0.4) is 0 Å². The van der Waals surface area contributed by atoms with E-state index in [0.29, 0.717) is 11.0 Å². The molecule has 1 aliphatic carbocycles. The fourth-order valence-corrected chi connectivity index (χ4v) is 6.41. The summed E-state index contributed by atoms with van der Waals surface area (Å²) >= 11 is 0. The minimum absolute atomic E-state index is 0.117. The summed E-state index contributed by atoms with van der Waals surface area (Å²) in [6.45, 7) is 4.00. The lowest BCUT2D eigenvalue weighted by molar-refractivity contribution is -0.870. The summed E-state index contributed by atoms with van der Waals surface area (Å²) in [5.41, 5.74) is 0. The summed E-state index contributed by atoms with van der Waals surface area (Å²) in [5, 5.41) is 0. The molecule has 1 fully saturated rings. The molecule has 3 atom stereocenters. The highest BCUT2D eigenvalue weighted by Gasteiger charge is 2.29. The number of hydrogen-bond donors (Lipinski definition) is 0. The summed E-state index contributed by atoms with van der Waals surface area (Å²) in [6.07, 6.45) is 30.9. The van der Waals surface area contributed by atoms with Crippen LogP contribution in [0, 0.1) is 5.92 Å². The van der Waals surface area contributed by atoms with E-state index in [9.17, 15) is 9.46 Å². The van der Waals surface area contributed by atoms with Crippen molar-refractivity contribution in [2.45, 2.75) is 161 Å². The van der Waals surface area contributed by atoms with Gasteiger partial charge in [-0.2, -0.15) is 0 Å². The number of phosphoric acid groups is 1. The molecule has 0 saturated heterocycles. The number of hydrogen-bond acceptors (Lipinski definition) is 5. The Balaban J connectivity index is 1.87. The van der Waals surface area contributed by atoms with Gasteiger partial charge in [-0.1, -0.05) is 135 Å². The number of rotatable bonds is 29. The van der Waals surface area contributed by atoms with Crippen molar-refractivity contribution in [1.82, 2.24) is 0 Å². The van der Waals surface area contributed by atoms with Crippen LogP contribution in [-0.2, 0) is 18.3 Å². The summed E-state index contributed by atoms with van der Waals surface area (Å²) in [6, 6.07) is 0. The Morgan fingerprint density at radius 1 is 0.650 bits per heavy atom. The number of ether oxygens (including phenoxy) is 1. The third kappa shape index (κ3) is 23.6. The minimum Gasteiger partial charge on any atom is -0.756 e. The van der Waals surface area contributed by atoms with E-state index in [0.717, 1.165) is 32.3 Å². The van der Waals surface area contributed by atoms with Crippen molar-refractivity contribution in [3.8, 4) is 0 Å². The van der Waals surface area contributed by atoms with Gasteiger partial charge in [0.1, 0.15) is 13.2 Å². The second-order valence-electron chi connectivity index (χ2n) is 13.4. The first-order valence-corrected chi connectivity index (χ1v) is 18.7. The standard InChI is InChI=1S/C33H68NO5P/c1-5-6-7-8-9-10-11-12-13-14-15-16-17-18-19-20-21-22-23-24-29-37-33-27-25-26-32(33)31-39-40(35,36)38-30-28-34(2,3)4/h32-33H,5-31H2,1-4H3/t32-,33+/m0/s1. The van der Waals surface area contributed by atoms with Crippen LogP contribution in [-0.4, -0.2) is 58.1 Å².